The van der Waals surface area contributed by atoms with Gasteiger partial charge >= 0.3 is 0 Å². The van der Waals surface area contributed by atoms with Crippen molar-refractivity contribution in [1.82, 2.24) is 0 Å². The molecule has 0 saturated heterocycles. The first-order chi connectivity index (χ1) is 11.5. The molecule has 1 heterocycles. The number of sulfone groups is 1. The van der Waals surface area contributed by atoms with Crippen molar-refractivity contribution in [2.24, 2.45) is 0 Å². The zero-order chi connectivity index (χ0) is 16.7. The number of hydrogen-bond acceptors (Lipinski definition) is 4. The van der Waals surface area contributed by atoms with Gasteiger partial charge in [-0.2, -0.15) is 0 Å². The van der Waals surface area contributed by atoms with Gasteiger partial charge < -0.3 is 9.47 Å². The van der Waals surface area contributed by atoms with Gasteiger partial charge in [0.2, 0.25) is 6.79 Å². The quantitative estimate of drug-likeness (QED) is 0.848. The average Bonchev–Trinajstić information content (AvgIpc) is 3.22. The van der Waals surface area contributed by atoms with Crippen molar-refractivity contribution in [3.05, 3.63) is 53.6 Å². The summed E-state index contributed by atoms with van der Waals surface area (Å²) in [4.78, 5) is 0.356. The highest BCUT2D eigenvalue weighted by Gasteiger charge is 2.21. The molecule has 0 amide bonds. The molecule has 5 heteroatoms. The molecule has 4 nitrogen and oxygen atoms in total. The predicted molar refractivity (Wildman–Crippen MR) is 92.8 cm³/mol. The van der Waals surface area contributed by atoms with E-state index < -0.39 is 9.84 Å². The van der Waals surface area contributed by atoms with Crippen LogP contribution in [0.4, 0.5) is 0 Å². The molecule has 2 aromatic rings. The minimum absolute atomic E-state index is 0.275. The van der Waals surface area contributed by atoms with Crippen molar-refractivity contribution in [2.45, 2.75) is 24.2 Å². The van der Waals surface area contributed by atoms with Gasteiger partial charge in [-0.15, -0.1) is 0 Å². The number of rotatable bonds is 3. The van der Waals surface area contributed by atoms with E-state index in [2.05, 4.69) is 6.07 Å². The SMILES string of the molecule is CS(=O)(=O)c1ccc(C2=C(c3ccc4c(c3)OCO4)CCC2)cc1. The van der Waals surface area contributed by atoms with Gasteiger partial charge in [-0.05, 0) is 65.8 Å². The maximum atomic E-state index is 11.6. The van der Waals surface area contributed by atoms with Gasteiger partial charge in [-0.25, -0.2) is 8.42 Å². The Kier molecular flexibility index (Phi) is 3.61. The Morgan fingerprint density at radius 1 is 0.833 bits per heavy atom. The number of ether oxygens (including phenoxy) is 2. The smallest absolute Gasteiger partial charge is 0.231 e. The molecular formula is C19H18O4S. The molecule has 4 rings (SSSR count). The van der Waals surface area contributed by atoms with Crippen LogP contribution in [-0.4, -0.2) is 21.5 Å². The van der Waals surface area contributed by atoms with Crippen molar-refractivity contribution in [3.63, 3.8) is 0 Å². The highest BCUT2D eigenvalue weighted by Crippen LogP contribution is 2.42. The average molecular weight is 342 g/mol. The molecule has 0 radical (unpaired) electrons. The van der Waals surface area contributed by atoms with Crippen LogP contribution in [0.15, 0.2) is 47.4 Å². The van der Waals surface area contributed by atoms with Crippen molar-refractivity contribution in [2.75, 3.05) is 13.0 Å². The fourth-order valence-electron chi connectivity index (χ4n) is 3.37. The van der Waals surface area contributed by atoms with Gasteiger partial charge in [-0.3, -0.25) is 0 Å². The summed E-state index contributed by atoms with van der Waals surface area (Å²) in [7, 11) is -3.16. The van der Waals surface area contributed by atoms with Gasteiger partial charge in [0.05, 0.1) is 4.90 Å². The molecule has 0 fully saturated rings. The van der Waals surface area contributed by atoms with E-state index in [9.17, 15) is 8.42 Å². The van der Waals surface area contributed by atoms with E-state index in [1.54, 1.807) is 12.1 Å². The van der Waals surface area contributed by atoms with Crippen LogP contribution >= 0.6 is 0 Å². The van der Waals surface area contributed by atoms with Crippen molar-refractivity contribution in [3.8, 4) is 11.5 Å². The highest BCUT2D eigenvalue weighted by atomic mass is 32.2. The van der Waals surface area contributed by atoms with E-state index in [0.29, 0.717) is 4.90 Å². The zero-order valence-corrected chi connectivity index (χ0v) is 14.2. The minimum Gasteiger partial charge on any atom is -0.454 e. The number of hydrogen-bond donors (Lipinski definition) is 0. The fraction of sp³-hybridized carbons (Fsp3) is 0.263. The number of fused-ring (bicyclic) bond motifs is 1. The van der Waals surface area contributed by atoms with Crippen LogP contribution in [-0.2, 0) is 9.84 Å². The number of benzene rings is 2. The van der Waals surface area contributed by atoms with Gasteiger partial charge in [0.15, 0.2) is 21.3 Å². The van der Waals surface area contributed by atoms with Crippen LogP contribution < -0.4 is 9.47 Å². The first-order valence-electron chi connectivity index (χ1n) is 7.95. The summed E-state index contributed by atoms with van der Waals surface area (Å²) in [6.45, 7) is 0.275. The lowest BCUT2D eigenvalue weighted by Gasteiger charge is -2.10. The molecule has 24 heavy (non-hydrogen) atoms. The summed E-state index contributed by atoms with van der Waals surface area (Å²) >= 11 is 0. The molecule has 0 bridgehead atoms. The van der Waals surface area contributed by atoms with Gasteiger partial charge in [-0.1, -0.05) is 18.2 Å². The zero-order valence-electron chi connectivity index (χ0n) is 13.4. The second-order valence-electron chi connectivity index (χ2n) is 6.18. The summed E-state index contributed by atoms with van der Waals surface area (Å²) in [6.07, 6.45) is 4.35. The molecule has 1 aliphatic heterocycles. The molecule has 0 atom stereocenters. The lowest BCUT2D eigenvalue weighted by atomic mass is 9.97. The molecular weight excluding hydrogens is 324 g/mol. The number of allylic oxidation sites excluding steroid dienone is 2. The summed E-state index contributed by atoms with van der Waals surface area (Å²) in [6, 6.07) is 13.2. The molecule has 0 spiro atoms. The van der Waals surface area contributed by atoms with Crippen molar-refractivity contribution in [1.29, 1.82) is 0 Å². The Morgan fingerprint density at radius 3 is 2.17 bits per heavy atom. The summed E-state index contributed by atoms with van der Waals surface area (Å²) in [5.74, 6) is 1.58. The molecule has 2 aromatic carbocycles. The predicted octanol–water partition coefficient (Wildman–Crippen LogP) is 3.91. The van der Waals surface area contributed by atoms with Crippen LogP contribution in [0, 0.1) is 0 Å². The van der Waals surface area contributed by atoms with Gasteiger partial charge in [0.25, 0.3) is 0 Å². The van der Waals surface area contributed by atoms with Crippen LogP contribution in [0.2, 0.25) is 0 Å². The monoisotopic (exact) mass is 342 g/mol. The molecule has 0 unspecified atom stereocenters. The highest BCUT2D eigenvalue weighted by molar-refractivity contribution is 7.90. The first kappa shape index (κ1) is 15.3. The van der Waals surface area contributed by atoms with E-state index in [4.69, 9.17) is 9.47 Å². The lowest BCUT2D eigenvalue weighted by Crippen LogP contribution is -1.97. The normalized spacial score (nSPS) is 16.7. The Bertz CT molecular complexity index is 924. The van der Waals surface area contributed by atoms with Crippen LogP contribution in [0.3, 0.4) is 0 Å². The third-order valence-electron chi connectivity index (χ3n) is 4.57. The standard InChI is InChI=1S/C19H18O4S/c1-24(20,21)15-8-5-13(6-9-15)16-3-2-4-17(16)14-7-10-18-19(11-14)23-12-22-18/h5-11H,2-4,12H2,1H3. The minimum atomic E-state index is -3.16. The maximum Gasteiger partial charge on any atom is 0.231 e. The van der Waals surface area contributed by atoms with Crippen LogP contribution in [0.1, 0.15) is 30.4 Å². The topological polar surface area (TPSA) is 52.6 Å². The van der Waals surface area contributed by atoms with E-state index in [-0.39, 0.29) is 6.79 Å². The van der Waals surface area contributed by atoms with Gasteiger partial charge in [0, 0.05) is 6.26 Å². The van der Waals surface area contributed by atoms with Crippen molar-refractivity contribution < 1.29 is 17.9 Å². The summed E-state index contributed by atoms with van der Waals surface area (Å²) < 4.78 is 34.1. The second-order valence-corrected chi connectivity index (χ2v) is 8.19. The summed E-state index contributed by atoms with van der Waals surface area (Å²) in [5, 5.41) is 0. The Morgan fingerprint density at radius 2 is 1.46 bits per heavy atom. The van der Waals surface area contributed by atoms with E-state index in [0.717, 1.165) is 41.9 Å². The van der Waals surface area contributed by atoms with E-state index >= 15 is 0 Å². The Hall–Kier alpha value is -2.27. The third kappa shape index (κ3) is 2.69. The largest absolute Gasteiger partial charge is 0.454 e. The second kappa shape index (κ2) is 5.67. The molecule has 0 N–H and O–H groups in total. The van der Waals surface area contributed by atoms with E-state index in [1.165, 1.54) is 17.4 Å². The Balaban J connectivity index is 1.74. The Labute approximate surface area is 141 Å². The first-order valence-corrected chi connectivity index (χ1v) is 9.84. The molecule has 1 aliphatic carbocycles. The third-order valence-corrected chi connectivity index (χ3v) is 5.70. The van der Waals surface area contributed by atoms with Crippen LogP contribution in [0.5, 0.6) is 11.5 Å². The maximum absolute atomic E-state index is 11.6. The van der Waals surface area contributed by atoms with Gasteiger partial charge in [0.1, 0.15) is 0 Å². The molecule has 124 valence electrons. The lowest BCUT2D eigenvalue weighted by molar-refractivity contribution is 0.174. The van der Waals surface area contributed by atoms with E-state index in [1.807, 2.05) is 24.3 Å². The molecule has 0 aromatic heterocycles. The van der Waals surface area contributed by atoms with Crippen LogP contribution in [0.25, 0.3) is 11.1 Å². The molecule has 0 saturated carbocycles. The molecule has 2 aliphatic rings. The fourth-order valence-corrected chi connectivity index (χ4v) is 4.00. The summed E-state index contributed by atoms with van der Waals surface area (Å²) in [5.41, 5.74) is 4.83. The van der Waals surface area contributed by atoms with Crippen molar-refractivity contribution >= 4 is 21.0 Å².